The van der Waals surface area contributed by atoms with Gasteiger partial charge in [0.05, 0.1) is 48.1 Å². The minimum absolute atomic E-state index is 0.0133. The highest BCUT2D eigenvalue weighted by molar-refractivity contribution is 6.33. The number of halogens is 5. The number of aromatic hydroxyl groups is 1. The van der Waals surface area contributed by atoms with E-state index in [9.17, 15) is 27.9 Å². The number of carbonyl (C=O) groups is 4. The van der Waals surface area contributed by atoms with E-state index in [2.05, 4.69) is 4.98 Å². The third-order valence-corrected chi connectivity index (χ3v) is 12.2. The molecule has 294 valence electrons. The van der Waals surface area contributed by atoms with Crippen LogP contribution >= 0.6 is 23.2 Å². The molecule has 1 saturated carbocycles. The van der Waals surface area contributed by atoms with Gasteiger partial charge in [-0.1, -0.05) is 71.2 Å². The number of amides is 4. The van der Waals surface area contributed by atoms with Crippen LogP contribution in [0.4, 0.5) is 24.7 Å². The number of carbonyl (C=O) groups excluding carboxylic acids is 4. The van der Waals surface area contributed by atoms with Crippen molar-refractivity contribution in [2.75, 3.05) is 31.2 Å². The fourth-order valence-corrected chi connectivity index (χ4v) is 9.82. The summed E-state index contributed by atoms with van der Waals surface area (Å²) in [5.41, 5.74) is -1.67. The fraction of sp³-hybridized carbons (Fsp3) is 0.293. The lowest BCUT2D eigenvalue weighted by Gasteiger charge is -2.51. The van der Waals surface area contributed by atoms with E-state index < -0.39 is 76.3 Å². The molecule has 4 aromatic rings. The zero-order valence-electron chi connectivity index (χ0n) is 30.5. The van der Waals surface area contributed by atoms with Crippen LogP contribution in [0.1, 0.15) is 35.6 Å². The zero-order chi connectivity index (χ0) is 40.7. The Morgan fingerprint density at radius 2 is 1.63 bits per heavy atom. The molecular formula is C41H33Cl2F3N4O7. The third kappa shape index (κ3) is 5.66. The number of benzene rings is 3. The van der Waals surface area contributed by atoms with Crippen molar-refractivity contribution in [3.05, 3.63) is 117 Å². The van der Waals surface area contributed by atoms with Gasteiger partial charge >= 0.3 is 6.18 Å². The second-order valence-electron chi connectivity index (χ2n) is 14.4. The maximum atomic E-state index is 15.5. The Morgan fingerprint density at radius 3 is 2.30 bits per heavy atom. The van der Waals surface area contributed by atoms with Gasteiger partial charge in [-0.2, -0.15) is 18.2 Å². The number of allylic oxidation sites excluding steroid dienone is 2. The standard InChI is InChI=1S/C41H33Cl2F3N4O7/c1-48(35-28(43)14-15-31(47-35)41(44,45)46)50-36(52)25-13-12-24-26(32(25)38(50)54)19-27-37(53)49(22-11-7-10-21(42)16-22)39(55)40(27,20-8-5-4-6-9-20)34(24)33-29(51)17-23(56-2)18-30(33)57-3/h4-12,14-18,25-27,32,34,51H,13,19H2,1-3H3/t25-,26+,27-,32-,34+,40+/m0/s1. The van der Waals surface area contributed by atoms with Crippen molar-refractivity contribution in [2.45, 2.75) is 30.4 Å². The number of hydrogen-bond acceptors (Lipinski definition) is 9. The summed E-state index contributed by atoms with van der Waals surface area (Å²) >= 11 is 12.7. The van der Waals surface area contributed by atoms with Crippen molar-refractivity contribution >= 4 is 58.3 Å². The number of methoxy groups -OCH3 is 2. The number of hydrogen-bond donors (Lipinski definition) is 1. The van der Waals surface area contributed by atoms with Crippen LogP contribution in [0.2, 0.25) is 10.0 Å². The van der Waals surface area contributed by atoms with Gasteiger partial charge in [-0.15, -0.1) is 0 Å². The first-order chi connectivity index (χ1) is 27.1. The molecule has 1 aromatic heterocycles. The van der Waals surface area contributed by atoms with E-state index in [-0.39, 0.29) is 51.4 Å². The first-order valence-electron chi connectivity index (χ1n) is 17.8. The number of aromatic nitrogens is 1. The number of alkyl halides is 3. The fourth-order valence-electron chi connectivity index (χ4n) is 9.41. The van der Waals surface area contributed by atoms with Gasteiger partial charge in [-0.3, -0.25) is 24.2 Å². The number of anilines is 2. The summed E-state index contributed by atoms with van der Waals surface area (Å²) in [6.07, 6.45) is -3.17. The molecule has 0 unspecified atom stereocenters. The second-order valence-corrected chi connectivity index (χ2v) is 15.2. The molecule has 16 heteroatoms. The van der Waals surface area contributed by atoms with Crippen molar-refractivity contribution < 1.29 is 46.9 Å². The Hall–Kier alpha value is -5.60. The molecule has 0 radical (unpaired) electrons. The van der Waals surface area contributed by atoms with Crippen LogP contribution in [-0.4, -0.2) is 60.0 Å². The van der Waals surface area contributed by atoms with Gasteiger partial charge in [0.25, 0.3) is 11.8 Å². The minimum atomic E-state index is -4.84. The largest absolute Gasteiger partial charge is 0.507 e. The van der Waals surface area contributed by atoms with Crippen molar-refractivity contribution in [1.29, 1.82) is 0 Å². The smallest absolute Gasteiger partial charge is 0.433 e. The third-order valence-electron chi connectivity index (χ3n) is 11.7. The monoisotopic (exact) mass is 820 g/mol. The molecule has 4 aliphatic rings. The number of phenols is 1. The highest BCUT2D eigenvalue weighted by atomic mass is 35.5. The van der Waals surface area contributed by atoms with Crippen LogP contribution in [0, 0.1) is 23.7 Å². The van der Waals surface area contributed by atoms with Gasteiger partial charge in [-0.25, -0.2) is 9.88 Å². The van der Waals surface area contributed by atoms with E-state index in [0.29, 0.717) is 17.2 Å². The summed E-state index contributed by atoms with van der Waals surface area (Å²) in [5.74, 6) is -8.36. The van der Waals surface area contributed by atoms with E-state index in [1.165, 1.54) is 33.4 Å². The maximum Gasteiger partial charge on any atom is 0.433 e. The van der Waals surface area contributed by atoms with Crippen molar-refractivity contribution in [3.63, 3.8) is 0 Å². The molecule has 8 rings (SSSR count). The predicted octanol–water partition coefficient (Wildman–Crippen LogP) is 7.34. The van der Waals surface area contributed by atoms with E-state index in [1.54, 1.807) is 60.7 Å². The number of hydrazine groups is 1. The first kappa shape index (κ1) is 38.3. The SMILES string of the molecule is COc1cc(O)c([C@H]2C3=CC[C@@H]4C(=O)N(N(C)c5nc(C(F)(F)F)ccc5Cl)C(=O)[C@@H]4[C@@H]3C[C@H]3C(=O)N(c4cccc(Cl)c4)C(=O)[C@@]23c2ccccc2)c(OC)c1. The second kappa shape index (κ2) is 13.8. The van der Waals surface area contributed by atoms with Crippen LogP contribution in [0.15, 0.2) is 90.5 Å². The highest BCUT2D eigenvalue weighted by Crippen LogP contribution is 2.66. The molecule has 3 fully saturated rings. The average molecular weight is 822 g/mol. The lowest BCUT2D eigenvalue weighted by molar-refractivity contribution is -0.141. The quantitative estimate of drug-likeness (QED) is 0.150. The lowest BCUT2D eigenvalue weighted by Crippen LogP contribution is -2.53. The number of ether oxygens (including phenoxy) is 2. The van der Waals surface area contributed by atoms with Gasteiger partial charge < -0.3 is 14.6 Å². The van der Waals surface area contributed by atoms with Gasteiger partial charge in [-0.05, 0) is 54.7 Å². The van der Waals surface area contributed by atoms with Crippen molar-refractivity contribution in [2.24, 2.45) is 23.7 Å². The Morgan fingerprint density at radius 1 is 0.895 bits per heavy atom. The van der Waals surface area contributed by atoms with Crippen LogP contribution in [0.3, 0.4) is 0 Å². The minimum Gasteiger partial charge on any atom is -0.507 e. The molecule has 0 spiro atoms. The molecule has 2 aliphatic heterocycles. The Balaban J connectivity index is 1.34. The number of phenolic OH excluding ortho intramolecular Hbond substituents is 1. The number of rotatable bonds is 7. The normalized spacial score (nSPS) is 25.5. The highest BCUT2D eigenvalue weighted by Gasteiger charge is 2.71. The Kier molecular flexibility index (Phi) is 9.27. The van der Waals surface area contributed by atoms with Gasteiger partial charge in [0, 0.05) is 35.7 Å². The summed E-state index contributed by atoms with van der Waals surface area (Å²) in [6.45, 7) is 0. The molecule has 3 heterocycles. The van der Waals surface area contributed by atoms with Crippen molar-refractivity contribution in [3.8, 4) is 17.2 Å². The summed E-state index contributed by atoms with van der Waals surface area (Å²) in [5, 5.41) is 13.6. The van der Waals surface area contributed by atoms with Gasteiger partial charge in [0.1, 0.15) is 22.9 Å². The van der Waals surface area contributed by atoms with Crippen LogP contribution in [0.5, 0.6) is 17.2 Å². The molecule has 1 N–H and O–H groups in total. The number of pyridine rings is 1. The molecule has 4 amide bonds. The molecular weight excluding hydrogens is 788 g/mol. The summed E-state index contributed by atoms with van der Waals surface area (Å²) in [6, 6.07) is 19.6. The first-order valence-corrected chi connectivity index (χ1v) is 18.6. The maximum absolute atomic E-state index is 15.5. The molecule has 11 nitrogen and oxygen atoms in total. The number of nitrogens with zero attached hydrogens (tertiary/aromatic N) is 4. The van der Waals surface area contributed by atoms with Gasteiger partial charge in [0.15, 0.2) is 5.82 Å². The van der Waals surface area contributed by atoms with E-state index in [4.69, 9.17) is 32.7 Å². The van der Waals surface area contributed by atoms with Gasteiger partial charge in [0.2, 0.25) is 11.8 Å². The van der Waals surface area contributed by atoms with Crippen LogP contribution in [-0.2, 0) is 30.8 Å². The topological polar surface area (TPSA) is 130 Å². The number of imide groups is 2. The predicted molar refractivity (Wildman–Crippen MR) is 202 cm³/mol. The lowest BCUT2D eigenvalue weighted by atomic mass is 9.49. The number of fused-ring (bicyclic) bond motifs is 4. The van der Waals surface area contributed by atoms with E-state index >= 15 is 9.59 Å². The Labute approximate surface area is 334 Å². The molecule has 3 aromatic carbocycles. The van der Waals surface area contributed by atoms with Crippen LogP contribution in [0.25, 0.3) is 0 Å². The summed E-state index contributed by atoms with van der Waals surface area (Å²) in [7, 11) is 4.02. The molecule has 6 atom stereocenters. The average Bonchev–Trinajstić information content (AvgIpc) is 3.58. The molecule has 2 aliphatic carbocycles. The molecule has 57 heavy (non-hydrogen) atoms. The van der Waals surface area contributed by atoms with Crippen molar-refractivity contribution in [1.82, 2.24) is 9.99 Å². The Bertz CT molecular complexity index is 2400. The molecule has 2 saturated heterocycles. The zero-order valence-corrected chi connectivity index (χ0v) is 32.0. The van der Waals surface area contributed by atoms with Crippen LogP contribution < -0.4 is 19.4 Å². The summed E-state index contributed by atoms with van der Waals surface area (Å²) in [4.78, 5) is 64.2. The van der Waals surface area contributed by atoms with E-state index in [0.717, 1.165) is 21.0 Å². The summed E-state index contributed by atoms with van der Waals surface area (Å²) < 4.78 is 52.5. The molecule has 0 bridgehead atoms. The van der Waals surface area contributed by atoms with E-state index in [1.807, 2.05) is 0 Å².